The summed E-state index contributed by atoms with van der Waals surface area (Å²) >= 11 is 0. The molecule has 1 amide bonds. The highest BCUT2D eigenvalue weighted by atomic mass is 16.5. The number of carboxylic acid groups (broad SMARTS) is 1. The standard InChI is InChI=1S/C17H27NO5/c1-12(23-11-13-4-2-3-9-22-13)15(19)18-7-5-17(6-8-18)10-14(17)16(20)21/h12-14H,2-11H2,1H3,(H,20,21). The second-order valence-corrected chi connectivity index (χ2v) is 7.25. The summed E-state index contributed by atoms with van der Waals surface area (Å²) in [5.41, 5.74) is -0.0390. The van der Waals surface area contributed by atoms with Crippen LogP contribution < -0.4 is 0 Å². The zero-order valence-electron chi connectivity index (χ0n) is 13.8. The average molecular weight is 325 g/mol. The number of carboxylic acids is 1. The fourth-order valence-corrected chi connectivity index (χ4v) is 3.94. The zero-order valence-corrected chi connectivity index (χ0v) is 13.8. The lowest BCUT2D eigenvalue weighted by molar-refractivity contribution is -0.148. The predicted molar refractivity (Wildman–Crippen MR) is 83.0 cm³/mol. The fraction of sp³-hybridized carbons (Fsp3) is 0.882. The van der Waals surface area contributed by atoms with E-state index in [4.69, 9.17) is 14.6 Å². The van der Waals surface area contributed by atoms with Gasteiger partial charge in [0, 0.05) is 19.7 Å². The first kappa shape index (κ1) is 16.7. The lowest BCUT2D eigenvalue weighted by Gasteiger charge is -2.34. The fourth-order valence-electron chi connectivity index (χ4n) is 3.94. The van der Waals surface area contributed by atoms with E-state index < -0.39 is 12.1 Å². The second-order valence-electron chi connectivity index (χ2n) is 7.25. The van der Waals surface area contributed by atoms with Crippen LogP contribution in [-0.2, 0) is 19.1 Å². The molecule has 1 saturated carbocycles. The van der Waals surface area contributed by atoms with Crippen LogP contribution in [0, 0.1) is 11.3 Å². The molecule has 2 heterocycles. The number of rotatable bonds is 5. The Labute approximate surface area is 137 Å². The summed E-state index contributed by atoms with van der Waals surface area (Å²) in [5.74, 6) is -0.867. The highest BCUT2D eigenvalue weighted by Crippen LogP contribution is 2.59. The van der Waals surface area contributed by atoms with Gasteiger partial charge >= 0.3 is 5.97 Å². The van der Waals surface area contributed by atoms with Gasteiger partial charge in [-0.25, -0.2) is 0 Å². The van der Waals surface area contributed by atoms with Crippen molar-refractivity contribution in [2.75, 3.05) is 26.3 Å². The van der Waals surface area contributed by atoms with Crippen molar-refractivity contribution in [3.8, 4) is 0 Å². The lowest BCUT2D eigenvalue weighted by Crippen LogP contribution is -2.45. The molecule has 1 aliphatic carbocycles. The minimum Gasteiger partial charge on any atom is -0.481 e. The van der Waals surface area contributed by atoms with Gasteiger partial charge in [-0.1, -0.05) is 0 Å². The van der Waals surface area contributed by atoms with Crippen LogP contribution >= 0.6 is 0 Å². The molecule has 3 aliphatic rings. The number of piperidine rings is 1. The molecule has 0 aromatic heterocycles. The van der Waals surface area contributed by atoms with Crippen LogP contribution in [0.5, 0.6) is 0 Å². The van der Waals surface area contributed by atoms with Gasteiger partial charge in [0.2, 0.25) is 0 Å². The molecule has 1 spiro atoms. The van der Waals surface area contributed by atoms with E-state index in [0.29, 0.717) is 19.7 Å². The molecule has 0 aromatic carbocycles. The minimum absolute atomic E-state index is 0.0168. The summed E-state index contributed by atoms with van der Waals surface area (Å²) in [6, 6.07) is 0. The van der Waals surface area contributed by atoms with E-state index in [0.717, 1.165) is 45.1 Å². The van der Waals surface area contributed by atoms with E-state index in [1.165, 1.54) is 0 Å². The largest absolute Gasteiger partial charge is 0.481 e. The summed E-state index contributed by atoms with van der Waals surface area (Å²) in [5, 5.41) is 9.12. The minimum atomic E-state index is -0.686. The zero-order chi connectivity index (χ0) is 16.4. The van der Waals surface area contributed by atoms with E-state index in [9.17, 15) is 9.59 Å². The van der Waals surface area contributed by atoms with E-state index in [1.54, 1.807) is 6.92 Å². The number of carbonyl (C=O) groups is 2. The molecule has 3 rings (SSSR count). The molecule has 3 unspecified atom stereocenters. The SMILES string of the molecule is CC(OCC1CCCCO1)C(=O)N1CCC2(CC1)CC2C(=O)O. The topological polar surface area (TPSA) is 76.1 Å². The molecule has 2 saturated heterocycles. The van der Waals surface area contributed by atoms with Crippen molar-refractivity contribution >= 4 is 11.9 Å². The molecular formula is C17H27NO5. The highest BCUT2D eigenvalue weighted by Gasteiger charge is 2.59. The molecule has 0 bridgehead atoms. The van der Waals surface area contributed by atoms with Gasteiger partial charge in [-0.05, 0) is 50.9 Å². The van der Waals surface area contributed by atoms with Crippen LogP contribution in [-0.4, -0.2) is 60.4 Å². The van der Waals surface area contributed by atoms with E-state index in [-0.39, 0.29) is 23.3 Å². The molecule has 6 heteroatoms. The lowest BCUT2D eigenvalue weighted by atomic mass is 9.90. The number of likely N-dealkylation sites (tertiary alicyclic amines) is 1. The van der Waals surface area contributed by atoms with Crippen LogP contribution in [0.1, 0.15) is 45.4 Å². The molecule has 1 N–H and O–H groups in total. The molecule has 3 fully saturated rings. The molecule has 23 heavy (non-hydrogen) atoms. The van der Waals surface area contributed by atoms with Gasteiger partial charge in [0.1, 0.15) is 6.10 Å². The van der Waals surface area contributed by atoms with Gasteiger partial charge in [0.05, 0.1) is 18.6 Å². The van der Waals surface area contributed by atoms with Gasteiger partial charge in [0.15, 0.2) is 0 Å². The third-order valence-corrected chi connectivity index (χ3v) is 5.71. The first-order valence-corrected chi connectivity index (χ1v) is 8.77. The average Bonchev–Trinajstić information content (AvgIpc) is 3.27. The summed E-state index contributed by atoms with van der Waals surface area (Å²) in [7, 11) is 0. The number of carbonyl (C=O) groups excluding carboxylic acids is 1. The molecule has 2 aliphatic heterocycles. The predicted octanol–water partition coefficient (Wildman–Crippen LogP) is 1.67. The second kappa shape index (κ2) is 6.77. The summed E-state index contributed by atoms with van der Waals surface area (Å²) in [6.07, 6.45) is 5.31. The molecular weight excluding hydrogens is 298 g/mol. The first-order valence-electron chi connectivity index (χ1n) is 8.77. The van der Waals surface area contributed by atoms with Crippen molar-refractivity contribution < 1.29 is 24.2 Å². The Bertz CT molecular complexity index is 452. The van der Waals surface area contributed by atoms with Gasteiger partial charge in [-0.2, -0.15) is 0 Å². The molecule has 0 aromatic rings. The maximum Gasteiger partial charge on any atom is 0.307 e. The van der Waals surface area contributed by atoms with Crippen molar-refractivity contribution in [2.45, 2.75) is 57.7 Å². The normalized spacial score (nSPS) is 30.9. The summed E-state index contributed by atoms with van der Waals surface area (Å²) < 4.78 is 11.3. The Kier molecular flexibility index (Phi) is 4.92. The van der Waals surface area contributed by atoms with Gasteiger partial charge in [-0.15, -0.1) is 0 Å². The van der Waals surface area contributed by atoms with Crippen molar-refractivity contribution in [2.24, 2.45) is 11.3 Å². The van der Waals surface area contributed by atoms with Crippen molar-refractivity contribution in [1.29, 1.82) is 0 Å². The number of amides is 1. The van der Waals surface area contributed by atoms with Crippen molar-refractivity contribution in [3.05, 3.63) is 0 Å². The Balaban J connectivity index is 1.41. The molecule has 6 nitrogen and oxygen atoms in total. The number of hydrogen-bond donors (Lipinski definition) is 1. The quantitative estimate of drug-likeness (QED) is 0.832. The van der Waals surface area contributed by atoms with Crippen LogP contribution in [0.15, 0.2) is 0 Å². The Hall–Kier alpha value is -1.14. The van der Waals surface area contributed by atoms with Crippen LogP contribution in [0.2, 0.25) is 0 Å². The van der Waals surface area contributed by atoms with Crippen molar-refractivity contribution in [1.82, 2.24) is 4.90 Å². The highest BCUT2D eigenvalue weighted by molar-refractivity contribution is 5.81. The molecule has 0 radical (unpaired) electrons. The van der Waals surface area contributed by atoms with Crippen molar-refractivity contribution in [3.63, 3.8) is 0 Å². The van der Waals surface area contributed by atoms with E-state index in [2.05, 4.69) is 0 Å². The third-order valence-electron chi connectivity index (χ3n) is 5.71. The first-order chi connectivity index (χ1) is 11.0. The number of aliphatic carboxylic acids is 1. The number of nitrogens with zero attached hydrogens (tertiary/aromatic N) is 1. The maximum absolute atomic E-state index is 12.5. The maximum atomic E-state index is 12.5. The van der Waals surface area contributed by atoms with Gasteiger partial charge in [0.25, 0.3) is 5.91 Å². The Morgan fingerprint density at radius 2 is 2.09 bits per heavy atom. The number of ether oxygens (including phenoxy) is 2. The number of hydrogen-bond acceptors (Lipinski definition) is 4. The van der Waals surface area contributed by atoms with Gasteiger partial charge in [-0.3, -0.25) is 9.59 Å². The Morgan fingerprint density at radius 3 is 2.65 bits per heavy atom. The van der Waals surface area contributed by atoms with Gasteiger partial charge < -0.3 is 19.5 Å². The van der Waals surface area contributed by atoms with Crippen LogP contribution in [0.3, 0.4) is 0 Å². The van der Waals surface area contributed by atoms with Crippen LogP contribution in [0.4, 0.5) is 0 Å². The van der Waals surface area contributed by atoms with E-state index in [1.807, 2.05) is 4.90 Å². The van der Waals surface area contributed by atoms with Crippen LogP contribution in [0.25, 0.3) is 0 Å². The summed E-state index contributed by atoms with van der Waals surface area (Å²) in [6.45, 7) is 4.36. The monoisotopic (exact) mass is 325 g/mol. The smallest absolute Gasteiger partial charge is 0.307 e. The molecule has 130 valence electrons. The summed E-state index contributed by atoms with van der Waals surface area (Å²) in [4.78, 5) is 25.4. The Morgan fingerprint density at radius 1 is 1.35 bits per heavy atom. The molecule has 3 atom stereocenters. The third kappa shape index (κ3) is 3.69. The van der Waals surface area contributed by atoms with E-state index >= 15 is 0 Å².